The monoisotopic (exact) mass is 383 g/mol. The van der Waals surface area contributed by atoms with Crippen LogP contribution in [0.15, 0.2) is 21.5 Å². The minimum Gasteiger partial charge on any atom is -0.383 e. The van der Waals surface area contributed by atoms with E-state index in [1.165, 1.54) is 4.31 Å². The number of benzene rings is 1. The molecule has 1 rings (SSSR count). The Hall–Kier alpha value is -0.140. The Labute approximate surface area is 134 Å². The van der Waals surface area contributed by atoms with Crippen molar-refractivity contribution in [2.75, 3.05) is 20.8 Å². The van der Waals surface area contributed by atoms with Gasteiger partial charge in [0.05, 0.1) is 11.5 Å². The van der Waals surface area contributed by atoms with Gasteiger partial charge in [0, 0.05) is 30.6 Å². The normalized spacial score (nSPS) is 13.8. The van der Waals surface area contributed by atoms with Crippen LogP contribution in [0.2, 0.25) is 0 Å². The third-order valence-corrected chi connectivity index (χ3v) is 6.74. The fourth-order valence-electron chi connectivity index (χ4n) is 1.81. The molecule has 0 aromatic heterocycles. The fourth-order valence-corrected chi connectivity index (χ4v) is 4.34. The number of hydrogen-bond donors (Lipinski definition) is 0. The molecule has 0 amide bonds. The SMILES string of the molecule is COCC(C)N(C)S(=O)(=O)c1cc(CCl)cc(C)c1Br. The van der Waals surface area contributed by atoms with Crippen LogP contribution in [-0.2, 0) is 20.6 Å². The second-order valence-electron chi connectivity index (χ2n) is 4.68. The van der Waals surface area contributed by atoms with E-state index in [-0.39, 0.29) is 16.8 Å². The first-order valence-corrected chi connectivity index (χ1v) is 8.84. The summed E-state index contributed by atoms with van der Waals surface area (Å²) in [4.78, 5) is 0.235. The third kappa shape index (κ3) is 3.74. The molecule has 1 unspecified atom stereocenters. The molecule has 0 heterocycles. The van der Waals surface area contributed by atoms with Crippen molar-refractivity contribution in [3.05, 3.63) is 27.7 Å². The summed E-state index contributed by atoms with van der Waals surface area (Å²) >= 11 is 9.18. The first kappa shape index (κ1) is 17.9. The molecule has 0 N–H and O–H groups in total. The van der Waals surface area contributed by atoms with Crippen molar-refractivity contribution in [3.8, 4) is 0 Å². The van der Waals surface area contributed by atoms with Gasteiger partial charge in [-0.15, -0.1) is 11.6 Å². The molecule has 1 aromatic carbocycles. The number of ether oxygens (including phenoxy) is 1. The van der Waals surface area contributed by atoms with Gasteiger partial charge in [-0.1, -0.05) is 6.07 Å². The number of sulfonamides is 1. The standard InChI is InChI=1S/C13H19BrClNO3S/c1-9-5-11(7-15)6-12(13(9)14)20(17,18)16(3)10(2)8-19-4/h5-6,10H,7-8H2,1-4H3. The molecule has 0 aliphatic heterocycles. The topological polar surface area (TPSA) is 46.6 Å². The fraction of sp³-hybridized carbons (Fsp3) is 0.538. The zero-order valence-corrected chi connectivity index (χ0v) is 15.1. The van der Waals surface area contributed by atoms with E-state index in [4.69, 9.17) is 16.3 Å². The maximum Gasteiger partial charge on any atom is 0.244 e. The Morgan fingerprint density at radius 2 is 2.05 bits per heavy atom. The lowest BCUT2D eigenvalue weighted by atomic mass is 10.2. The van der Waals surface area contributed by atoms with Crippen molar-refractivity contribution < 1.29 is 13.2 Å². The number of nitrogens with zero attached hydrogens (tertiary/aromatic N) is 1. The molecule has 114 valence electrons. The number of hydrogen-bond acceptors (Lipinski definition) is 3. The molecular weight excluding hydrogens is 366 g/mol. The van der Waals surface area contributed by atoms with Gasteiger partial charge in [0.1, 0.15) is 0 Å². The van der Waals surface area contributed by atoms with Gasteiger partial charge in [-0.25, -0.2) is 8.42 Å². The van der Waals surface area contributed by atoms with E-state index in [0.29, 0.717) is 11.1 Å². The predicted octanol–water partition coefficient (Wildman–Crippen LogP) is 3.15. The summed E-state index contributed by atoms with van der Waals surface area (Å²) < 4.78 is 32.3. The van der Waals surface area contributed by atoms with Crippen LogP contribution in [0.4, 0.5) is 0 Å². The lowest BCUT2D eigenvalue weighted by Crippen LogP contribution is -2.38. The molecule has 0 fully saturated rings. The van der Waals surface area contributed by atoms with Crippen LogP contribution in [-0.4, -0.2) is 39.5 Å². The summed E-state index contributed by atoms with van der Waals surface area (Å²) in [5, 5.41) is 0. The first-order valence-electron chi connectivity index (χ1n) is 6.07. The van der Waals surface area contributed by atoms with E-state index in [9.17, 15) is 8.42 Å². The number of methoxy groups -OCH3 is 1. The van der Waals surface area contributed by atoms with Crippen molar-refractivity contribution in [3.63, 3.8) is 0 Å². The van der Waals surface area contributed by atoms with Crippen molar-refractivity contribution in [1.29, 1.82) is 0 Å². The van der Waals surface area contributed by atoms with E-state index < -0.39 is 10.0 Å². The van der Waals surface area contributed by atoms with Gasteiger partial charge in [0.15, 0.2) is 0 Å². The first-order chi connectivity index (χ1) is 9.25. The summed E-state index contributed by atoms with van der Waals surface area (Å²) in [7, 11) is -0.502. The lowest BCUT2D eigenvalue weighted by molar-refractivity contribution is 0.149. The van der Waals surface area contributed by atoms with Crippen molar-refractivity contribution in [2.24, 2.45) is 0 Å². The van der Waals surface area contributed by atoms with Gasteiger partial charge in [-0.05, 0) is 47.0 Å². The van der Waals surface area contributed by atoms with Gasteiger partial charge in [0.2, 0.25) is 10.0 Å². The van der Waals surface area contributed by atoms with Gasteiger partial charge in [-0.3, -0.25) is 0 Å². The molecular formula is C13H19BrClNO3S. The molecule has 0 bridgehead atoms. The molecule has 0 spiro atoms. The van der Waals surface area contributed by atoms with E-state index in [2.05, 4.69) is 15.9 Å². The van der Waals surface area contributed by atoms with Gasteiger partial charge < -0.3 is 4.74 Å². The second kappa shape index (κ2) is 7.22. The minimum atomic E-state index is -3.60. The Morgan fingerprint density at radius 3 is 2.55 bits per heavy atom. The number of likely N-dealkylation sites (N-methyl/N-ethyl adjacent to an activating group) is 1. The maximum absolute atomic E-state index is 12.7. The molecule has 0 saturated heterocycles. The summed E-state index contributed by atoms with van der Waals surface area (Å²) in [6, 6.07) is 3.22. The molecule has 0 saturated carbocycles. The largest absolute Gasteiger partial charge is 0.383 e. The molecule has 0 radical (unpaired) electrons. The summed E-state index contributed by atoms with van der Waals surface area (Å²) in [6.07, 6.45) is 0. The molecule has 0 aliphatic rings. The Morgan fingerprint density at radius 1 is 1.45 bits per heavy atom. The third-order valence-electron chi connectivity index (χ3n) is 3.12. The van der Waals surface area contributed by atoms with Crippen LogP contribution in [0.1, 0.15) is 18.1 Å². The number of rotatable bonds is 6. The zero-order chi connectivity index (χ0) is 15.5. The lowest BCUT2D eigenvalue weighted by Gasteiger charge is -2.24. The van der Waals surface area contributed by atoms with Crippen molar-refractivity contribution in [2.45, 2.75) is 30.7 Å². The molecule has 4 nitrogen and oxygen atoms in total. The van der Waals surface area contributed by atoms with E-state index in [1.54, 1.807) is 27.1 Å². The highest BCUT2D eigenvalue weighted by Crippen LogP contribution is 2.30. The van der Waals surface area contributed by atoms with Gasteiger partial charge in [-0.2, -0.15) is 4.31 Å². The summed E-state index contributed by atoms with van der Waals surface area (Å²) in [6.45, 7) is 3.98. The highest BCUT2D eigenvalue weighted by atomic mass is 79.9. The van der Waals surface area contributed by atoms with Crippen molar-refractivity contribution >= 4 is 37.6 Å². The van der Waals surface area contributed by atoms with Crippen LogP contribution in [0.3, 0.4) is 0 Å². The number of aryl methyl sites for hydroxylation is 1. The van der Waals surface area contributed by atoms with Crippen molar-refractivity contribution in [1.82, 2.24) is 4.31 Å². The van der Waals surface area contributed by atoms with Crippen LogP contribution in [0.25, 0.3) is 0 Å². The Balaban J connectivity index is 3.31. The van der Waals surface area contributed by atoms with Gasteiger partial charge in [0.25, 0.3) is 0 Å². The summed E-state index contributed by atoms with van der Waals surface area (Å²) in [5.41, 5.74) is 1.62. The van der Waals surface area contributed by atoms with E-state index in [0.717, 1.165) is 11.1 Å². The Bertz CT molecular complexity index is 577. The Kier molecular flexibility index (Phi) is 6.47. The van der Waals surface area contributed by atoms with Crippen LogP contribution < -0.4 is 0 Å². The predicted molar refractivity (Wildman–Crippen MR) is 84.7 cm³/mol. The number of halogens is 2. The maximum atomic E-state index is 12.7. The zero-order valence-electron chi connectivity index (χ0n) is 12.0. The van der Waals surface area contributed by atoms with E-state index in [1.807, 2.05) is 13.0 Å². The molecule has 7 heteroatoms. The quantitative estimate of drug-likeness (QED) is 0.708. The molecule has 1 aromatic rings. The van der Waals surface area contributed by atoms with Crippen LogP contribution in [0, 0.1) is 6.92 Å². The second-order valence-corrected chi connectivity index (χ2v) is 7.71. The highest BCUT2D eigenvalue weighted by Gasteiger charge is 2.28. The van der Waals surface area contributed by atoms with Crippen LogP contribution in [0.5, 0.6) is 0 Å². The average molecular weight is 385 g/mol. The smallest absolute Gasteiger partial charge is 0.244 e. The highest BCUT2D eigenvalue weighted by molar-refractivity contribution is 9.10. The molecule has 1 atom stereocenters. The summed E-state index contributed by atoms with van der Waals surface area (Å²) in [5.74, 6) is 0.272. The molecule has 20 heavy (non-hydrogen) atoms. The average Bonchev–Trinajstić information content (AvgIpc) is 2.40. The molecule has 0 aliphatic carbocycles. The van der Waals surface area contributed by atoms with Crippen LogP contribution >= 0.6 is 27.5 Å². The number of alkyl halides is 1. The minimum absolute atomic E-state index is 0.235. The van der Waals surface area contributed by atoms with E-state index >= 15 is 0 Å². The van der Waals surface area contributed by atoms with Gasteiger partial charge >= 0.3 is 0 Å².